The molecular formula is C15H25IN4O2. The number of halogens is 1. The maximum Gasteiger partial charge on any atom is 0.242 e. The first-order chi connectivity index (χ1) is 10.0. The molecule has 0 aliphatic heterocycles. The summed E-state index contributed by atoms with van der Waals surface area (Å²) in [6.45, 7) is 4.53. The van der Waals surface area contributed by atoms with Crippen LogP contribution in [0.4, 0.5) is 0 Å². The minimum absolute atomic E-state index is 0. The van der Waals surface area contributed by atoms with E-state index >= 15 is 0 Å². The van der Waals surface area contributed by atoms with Gasteiger partial charge < -0.3 is 21.1 Å². The lowest BCUT2D eigenvalue weighted by Gasteiger charge is -2.11. The van der Waals surface area contributed by atoms with Gasteiger partial charge in [-0.3, -0.25) is 4.79 Å². The van der Waals surface area contributed by atoms with E-state index in [1.807, 2.05) is 38.1 Å². The lowest BCUT2D eigenvalue weighted by Crippen LogP contribution is -2.39. The fourth-order valence-corrected chi connectivity index (χ4v) is 1.56. The highest BCUT2D eigenvalue weighted by Crippen LogP contribution is 2.10. The molecule has 124 valence electrons. The van der Waals surface area contributed by atoms with Crippen LogP contribution in [0.3, 0.4) is 0 Å². The Morgan fingerprint density at radius 3 is 2.55 bits per heavy atom. The van der Waals surface area contributed by atoms with E-state index in [2.05, 4.69) is 15.6 Å². The molecule has 7 heteroatoms. The van der Waals surface area contributed by atoms with E-state index in [9.17, 15) is 4.79 Å². The van der Waals surface area contributed by atoms with Crippen molar-refractivity contribution in [1.82, 2.24) is 10.6 Å². The van der Waals surface area contributed by atoms with Crippen LogP contribution in [0, 0.1) is 0 Å². The van der Waals surface area contributed by atoms with Gasteiger partial charge in [0.15, 0.2) is 5.96 Å². The van der Waals surface area contributed by atoms with Gasteiger partial charge in [-0.05, 0) is 31.0 Å². The Hall–Kier alpha value is -1.51. The van der Waals surface area contributed by atoms with Crippen molar-refractivity contribution in [3.63, 3.8) is 0 Å². The summed E-state index contributed by atoms with van der Waals surface area (Å²) in [7, 11) is 1.62. The van der Waals surface area contributed by atoms with E-state index in [0.29, 0.717) is 12.5 Å². The molecule has 0 fully saturated rings. The van der Waals surface area contributed by atoms with Crippen LogP contribution < -0.4 is 21.1 Å². The fraction of sp³-hybridized carbons (Fsp3) is 0.467. The highest BCUT2D eigenvalue weighted by atomic mass is 127. The molecule has 1 amide bonds. The van der Waals surface area contributed by atoms with Gasteiger partial charge in [0.05, 0.1) is 7.11 Å². The van der Waals surface area contributed by atoms with Gasteiger partial charge in [0.25, 0.3) is 0 Å². The zero-order valence-electron chi connectivity index (χ0n) is 13.3. The number of aliphatic imine (C=N–C) groups is 1. The number of hydrogen-bond donors (Lipinski definition) is 3. The number of carbonyl (C=O) groups excluding carboxylic acids is 1. The van der Waals surface area contributed by atoms with Crippen LogP contribution in [0.15, 0.2) is 29.3 Å². The third-order valence-electron chi connectivity index (χ3n) is 3.05. The summed E-state index contributed by atoms with van der Waals surface area (Å²) in [4.78, 5) is 15.7. The minimum Gasteiger partial charge on any atom is -0.497 e. The predicted octanol–water partition coefficient (Wildman–Crippen LogP) is 1.63. The molecule has 0 spiro atoms. The first-order valence-corrected chi connectivity index (χ1v) is 7.01. The molecular weight excluding hydrogens is 395 g/mol. The van der Waals surface area contributed by atoms with Gasteiger partial charge in [-0.25, -0.2) is 4.99 Å². The number of benzene rings is 1. The largest absolute Gasteiger partial charge is 0.497 e. The van der Waals surface area contributed by atoms with E-state index in [0.717, 1.165) is 17.7 Å². The fourth-order valence-electron chi connectivity index (χ4n) is 1.56. The van der Waals surface area contributed by atoms with Crippen LogP contribution in [0.2, 0.25) is 0 Å². The Morgan fingerprint density at radius 1 is 1.36 bits per heavy atom. The molecule has 6 nitrogen and oxygen atoms in total. The summed E-state index contributed by atoms with van der Waals surface area (Å²) >= 11 is 0. The van der Waals surface area contributed by atoms with E-state index in [4.69, 9.17) is 10.5 Å². The molecule has 1 atom stereocenters. The second-order valence-corrected chi connectivity index (χ2v) is 4.78. The summed E-state index contributed by atoms with van der Waals surface area (Å²) in [5, 5.41) is 5.79. The standard InChI is InChI=1S/C15H24N4O2.HI/c1-4-11(2)19-15(16)18-10-14(20)17-9-12-5-7-13(21-3)8-6-12;/h5-8,11H,4,9-10H2,1-3H3,(H,17,20)(H3,16,18,19);1H. The SMILES string of the molecule is CCC(C)NC(N)=NCC(=O)NCc1ccc(OC)cc1.I. The lowest BCUT2D eigenvalue weighted by molar-refractivity contribution is -0.119. The average Bonchev–Trinajstić information content (AvgIpc) is 2.51. The highest BCUT2D eigenvalue weighted by molar-refractivity contribution is 14.0. The van der Waals surface area contributed by atoms with Crippen molar-refractivity contribution < 1.29 is 9.53 Å². The molecule has 1 aromatic carbocycles. The van der Waals surface area contributed by atoms with E-state index in [1.165, 1.54) is 0 Å². The highest BCUT2D eigenvalue weighted by Gasteiger charge is 2.03. The normalized spacial score (nSPS) is 12.0. The number of amides is 1. The Balaban J connectivity index is 0.00000441. The van der Waals surface area contributed by atoms with Crippen LogP contribution >= 0.6 is 24.0 Å². The molecule has 0 aliphatic carbocycles. The molecule has 0 aromatic heterocycles. The second-order valence-electron chi connectivity index (χ2n) is 4.78. The number of methoxy groups -OCH3 is 1. The summed E-state index contributed by atoms with van der Waals surface area (Å²) < 4.78 is 5.07. The zero-order valence-corrected chi connectivity index (χ0v) is 15.6. The quantitative estimate of drug-likeness (QED) is 0.356. The number of nitrogens with zero attached hydrogens (tertiary/aromatic N) is 1. The Bertz CT molecular complexity index is 477. The van der Waals surface area contributed by atoms with Crippen LogP contribution in [-0.2, 0) is 11.3 Å². The van der Waals surface area contributed by atoms with Gasteiger partial charge in [-0.15, -0.1) is 24.0 Å². The smallest absolute Gasteiger partial charge is 0.242 e. The van der Waals surface area contributed by atoms with Gasteiger partial charge in [0, 0.05) is 12.6 Å². The number of nitrogens with two attached hydrogens (primary N) is 1. The zero-order chi connectivity index (χ0) is 15.7. The number of ether oxygens (including phenoxy) is 1. The molecule has 1 rings (SSSR count). The van der Waals surface area contributed by atoms with Gasteiger partial charge in [-0.1, -0.05) is 19.1 Å². The minimum atomic E-state index is -0.167. The average molecular weight is 420 g/mol. The van der Waals surface area contributed by atoms with E-state index in [1.54, 1.807) is 7.11 Å². The van der Waals surface area contributed by atoms with Crippen molar-refractivity contribution in [3.05, 3.63) is 29.8 Å². The third kappa shape index (κ3) is 8.06. The van der Waals surface area contributed by atoms with Crippen LogP contribution in [0.5, 0.6) is 5.75 Å². The van der Waals surface area contributed by atoms with Crippen molar-refractivity contribution in [2.45, 2.75) is 32.9 Å². The number of rotatable bonds is 7. The molecule has 4 N–H and O–H groups in total. The van der Waals surface area contributed by atoms with Crippen molar-refractivity contribution in [2.24, 2.45) is 10.7 Å². The summed E-state index contributed by atoms with van der Waals surface area (Å²) in [6, 6.07) is 7.76. The maximum absolute atomic E-state index is 11.7. The Kier molecular flexibility index (Phi) is 10.3. The van der Waals surface area contributed by atoms with Crippen molar-refractivity contribution in [2.75, 3.05) is 13.7 Å². The molecule has 0 heterocycles. The second kappa shape index (κ2) is 11.1. The third-order valence-corrected chi connectivity index (χ3v) is 3.05. The van der Waals surface area contributed by atoms with E-state index < -0.39 is 0 Å². The number of hydrogen-bond acceptors (Lipinski definition) is 3. The first-order valence-electron chi connectivity index (χ1n) is 7.01. The van der Waals surface area contributed by atoms with Crippen LogP contribution in [0.1, 0.15) is 25.8 Å². The lowest BCUT2D eigenvalue weighted by atomic mass is 10.2. The molecule has 1 unspecified atom stereocenters. The van der Waals surface area contributed by atoms with Crippen LogP contribution in [0.25, 0.3) is 0 Å². The predicted molar refractivity (Wildman–Crippen MR) is 99.6 cm³/mol. The monoisotopic (exact) mass is 420 g/mol. The van der Waals surface area contributed by atoms with E-state index in [-0.39, 0.29) is 42.5 Å². The molecule has 0 radical (unpaired) electrons. The summed E-state index contributed by atoms with van der Waals surface area (Å²) in [5.41, 5.74) is 6.68. The maximum atomic E-state index is 11.7. The first kappa shape index (κ1) is 20.5. The van der Waals surface area contributed by atoms with Gasteiger partial charge in [0.2, 0.25) is 5.91 Å². The molecule has 1 aromatic rings. The number of guanidine groups is 1. The summed E-state index contributed by atoms with van der Waals surface area (Å²) in [6.07, 6.45) is 0.944. The topological polar surface area (TPSA) is 88.7 Å². The summed E-state index contributed by atoms with van der Waals surface area (Å²) in [5.74, 6) is 0.919. The molecule has 0 bridgehead atoms. The van der Waals surface area contributed by atoms with Gasteiger partial charge >= 0.3 is 0 Å². The molecule has 0 aliphatic rings. The Morgan fingerprint density at radius 2 is 2.00 bits per heavy atom. The molecule has 22 heavy (non-hydrogen) atoms. The van der Waals surface area contributed by atoms with Crippen molar-refractivity contribution in [3.8, 4) is 5.75 Å². The van der Waals surface area contributed by atoms with Crippen LogP contribution in [-0.4, -0.2) is 31.6 Å². The van der Waals surface area contributed by atoms with Gasteiger partial charge in [-0.2, -0.15) is 0 Å². The molecule has 0 saturated carbocycles. The van der Waals surface area contributed by atoms with Gasteiger partial charge in [0.1, 0.15) is 12.3 Å². The number of carbonyl (C=O) groups is 1. The Labute approximate surface area is 148 Å². The van der Waals surface area contributed by atoms with Crippen molar-refractivity contribution in [1.29, 1.82) is 0 Å². The molecule has 0 saturated heterocycles. The number of nitrogens with one attached hydrogen (secondary N) is 2. The van der Waals surface area contributed by atoms with Crippen molar-refractivity contribution >= 4 is 35.8 Å².